The quantitative estimate of drug-likeness (QED) is 0.651. The number of thioether (sulfide) groups is 1. The second kappa shape index (κ2) is 6.78. The smallest absolute Gasteiger partial charge is 0.277 e. The van der Waals surface area contributed by atoms with E-state index < -0.39 is 5.82 Å². The van der Waals surface area contributed by atoms with Crippen LogP contribution in [0.1, 0.15) is 5.56 Å². The Kier molecular flexibility index (Phi) is 4.57. The molecule has 118 valence electrons. The van der Waals surface area contributed by atoms with Gasteiger partial charge in [0.1, 0.15) is 17.4 Å². The molecule has 23 heavy (non-hydrogen) atoms. The van der Waals surface area contributed by atoms with E-state index in [0.29, 0.717) is 17.1 Å². The lowest BCUT2D eigenvalue weighted by Crippen LogP contribution is -1.91. The summed E-state index contributed by atoms with van der Waals surface area (Å²) >= 11 is 1.22. The van der Waals surface area contributed by atoms with Crippen molar-refractivity contribution < 1.29 is 17.9 Å². The van der Waals surface area contributed by atoms with Gasteiger partial charge in [-0.25, -0.2) is 8.78 Å². The highest BCUT2D eigenvalue weighted by Gasteiger charge is 2.14. The normalized spacial score (nSPS) is 10.7. The fraction of sp³-hybridized carbons (Fsp3) is 0.125. The van der Waals surface area contributed by atoms with Crippen molar-refractivity contribution in [3.63, 3.8) is 0 Å². The predicted molar refractivity (Wildman–Crippen MR) is 82.2 cm³/mol. The van der Waals surface area contributed by atoms with E-state index in [0.717, 1.165) is 0 Å². The Labute approximate surface area is 135 Å². The molecule has 0 radical (unpaired) electrons. The van der Waals surface area contributed by atoms with Crippen molar-refractivity contribution in [1.82, 2.24) is 10.2 Å². The summed E-state index contributed by atoms with van der Waals surface area (Å²) in [7, 11) is 1.52. The van der Waals surface area contributed by atoms with Crippen LogP contribution in [0.25, 0.3) is 11.5 Å². The fourth-order valence-electron chi connectivity index (χ4n) is 2.01. The van der Waals surface area contributed by atoms with Gasteiger partial charge in [-0.15, -0.1) is 10.2 Å². The standard InChI is InChI=1S/C16H12F2N2O2S/c1-21-14-7-6-11(17)8-10(14)9-23-16-20-19-15(22-16)12-4-2-3-5-13(12)18/h2-8H,9H2,1H3. The summed E-state index contributed by atoms with van der Waals surface area (Å²) in [6.45, 7) is 0. The van der Waals surface area contributed by atoms with Gasteiger partial charge < -0.3 is 9.15 Å². The number of methoxy groups -OCH3 is 1. The highest BCUT2D eigenvalue weighted by atomic mass is 32.2. The first-order valence-electron chi connectivity index (χ1n) is 6.71. The van der Waals surface area contributed by atoms with Crippen LogP contribution in [0.4, 0.5) is 8.78 Å². The molecule has 0 saturated carbocycles. The van der Waals surface area contributed by atoms with Gasteiger partial charge >= 0.3 is 0 Å². The molecule has 0 amide bonds. The van der Waals surface area contributed by atoms with Crippen molar-refractivity contribution in [2.24, 2.45) is 0 Å². The molecule has 0 bridgehead atoms. The van der Waals surface area contributed by atoms with E-state index >= 15 is 0 Å². The molecule has 1 heterocycles. The molecule has 3 aromatic rings. The average Bonchev–Trinajstić information content (AvgIpc) is 3.02. The minimum Gasteiger partial charge on any atom is -0.496 e. The number of ether oxygens (including phenoxy) is 1. The highest BCUT2D eigenvalue weighted by Crippen LogP contribution is 2.30. The van der Waals surface area contributed by atoms with Crippen LogP contribution in [0.15, 0.2) is 52.1 Å². The summed E-state index contributed by atoms with van der Waals surface area (Å²) in [4.78, 5) is 0. The predicted octanol–water partition coefficient (Wildman–Crippen LogP) is 4.32. The molecule has 0 unspecified atom stereocenters. The lowest BCUT2D eigenvalue weighted by atomic mass is 10.2. The molecule has 0 atom stereocenters. The largest absolute Gasteiger partial charge is 0.496 e. The van der Waals surface area contributed by atoms with Crippen LogP contribution in [-0.4, -0.2) is 17.3 Å². The van der Waals surface area contributed by atoms with Gasteiger partial charge in [0.2, 0.25) is 0 Å². The molecule has 0 aliphatic heterocycles. The van der Waals surface area contributed by atoms with E-state index in [2.05, 4.69) is 10.2 Å². The fourth-order valence-corrected chi connectivity index (χ4v) is 2.75. The molecule has 0 N–H and O–H groups in total. The van der Waals surface area contributed by atoms with Crippen LogP contribution in [0.5, 0.6) is 5.75 Å². The lowest BCUT2D eigenvalue weighted by Gasteiger charge is -2.06. The van der Waals surface area contributed by atoms with E-state index in [1.165, 1.54) is 37.1 Å². The van der Waals surface area contributed by atoms with Crippen molar-refractivity contribution in [2.45, 2.75) is 11.0 Å². The average molecular weight is 334 g/mol. The van der Waals surface area contributed by atoms with E-state index in [9.17, 15) is 8.78 Å². The Balaban J connectivity index is 1.76. The third-order valence-electron chi connectivity index (χ3n) is 3.10. The number of rotatable bonds is 5. The molecule has 0 saturated heterocycles. The van der Waals surface area contributed by atoms with E-state index in [1.807, 2.05) is 0 Å². The first-order chi connectivity index (χ1) is 11.2. The summed E-state index contributed by atoms with van der Waals surface area (Å²) in [5.41, 5.74) is 0.915. The van der Waals surface area contributed by atoms with Crippen molar-refractivity contribution in [1.29, 1.82) is 0 Å². The van der Waals surface area contributed by atoms with Gasteiger partial charge in [0.15, 0.2) is 0 Å². The Morgan fingerprint density at radius 2 is 1.96 bits per heavy atom. The minimum absolute atomic E-state index is 0.108. The number of benzene rings is 2. The molecule has 2 aromatic carbocycles. The third kappa shape index (κ3) is 3.50. The SMILES string of the molecule is COc1ccc(F)cc1CSc1nnc(-c2ccccc2F)o1. The Hall–Kier alpha value is -2.41. The first kappa shape index (κ1) is 15.5. The summed E-state index contributed by atoms with van der Waals surface area (Å²) in [5, 5.41) is 7.98. The second-order valence-electron chi connectivity index (χ2n) is 4.60. The summed E-state index contributed by atoms with van der Waals surface area (Å²) in [6.07, 6.45) is 0. The van der Waals surface area contributed by atoms with Gasteiger partial charge in [-0.1, -0.05) is 23.9 Å². The van der Waals surface area contributed by atoms with Gasteiger partial charge in [-0.2, -0.15) is 0 Å². The van der Waals surface area contributed by atoms with Crippen LogP contribution in [0, 0.1) is 11.6 Å². The Bertz CT molecular complexity index is 823. The number of halogens is 2. The number of hydrogen-bond donors (Lipinski definition) is 0. The van der Waals surface area contributed by atoms with Crippen LogP contribution in [0.2, 0.25) is 0 Å². The number of hydrogen-bond acceptors (Lipinski definition) is 5. The molecular formula is C16H12F2N2O2S. The molecule has 3 rings (SSSR count). The van der Waals surface area contributed by atoms with Crippen molar-refractivity contribution in [3.8, 4) is 17.2 Å². The minimum atomic E-state index is -0.431. The maximum atomic E-state index is 13.7. The van der Waals surface area contributed by atoms with Gasteiger partial charge in [-0.3, -0.25) is 0 Å². The highest BCUT2D eigenvalue weighted by molar-refractivity contribution is 7.98. The van der Waals surface area contributed by atoms with Crippen molar-refractivity contribution in [3.05, 3.63) is 59.7 Å². The van der Waals surface area contributed by atoms with E-state index in [1.54, 1.807) is 24.3 Å². The molecular weight excluding hydrogens is 322 g/mol. The number of aromatic nitrogens is 2. The molecule has 4 nitrogen and oxygen atoms in total. The molecule has 1 aromatic heterocycles. The Morgan fingerprint density at radius 1 is 1.13 bits per heavy atom. The summed E-state index contributed by atoms with van der Waals surface area (Å²) in [5.74, 6) is 0.294. The van der Waals surface area contributed by atoms with E-state index in [-0.39, 0.29) is 22.5 Å². The first-order valence-corrected chi connectivity index (χ1v) is 7.69. The monoisotopic (exact) mass is 334 g/mol. The van der Waals surface area contributed by atoms with Gasteiger partial charge in [0.05, 0.1) is 12.7 Å². The maximum Gasteiger partial charge on any atom is 0.277 e. The number of nitrogens with zero attached hydrogens (tertiary/aromatic N) is 2. The van der Waals surface area contributed by atoms with Crippen LogP contribution < -0.4 is 4.74 Å². The van der Waals surface area contributed by atoms with Crippen molar-refractivity contribution >= 4 is 11.8 Å². The van der Waals surface area contributed by atoms with E-state index in [4.69, 9.17) is 9.15 Å². The topological polar surface area (TPSA) is 48.2 Å². The summed E-state index contributed by atoms with van der Waals surface area (Å²) < 4.78 is 37.6. The van der Waals surface area contributed by atoms with Gasteiger partial charge in [-0.05, 0) is 30.3 Å². The lowest BCUT2D eigenvalue weighted by molar-refractivity contribution is 0.410. The van der Waals surface area contributed by atoms with Crippen LogP contribution in [0.3, 0.4) is 0 Å². The second-order valence-corrected chi connectivity index (χ2v) is 5.52. The zero-order chi connectivity index (χ0) is 16.2. The van der Waals surface area contributed by atoms with Crippen molar-refractivity contribution in [2.75, 3.05) is 7.11 Å². The zero-order valence-corrected chi connectivity index (χ0v) is 12.9. The molecule has 7 heteroatoms. The van der Waals surface area contributed by atoms with Gasteiger partial charge in [0.25, 0.3) is 11.1 Å². The molecule has 0 spiro atoms. The zero-order valence-electron chi connectivity index (χ0n) is 12.1. The molecule has 0 aliphatic rings. The summed E-state index contributed by atoms with van der Waals surface area (Å²) in [6, 6.07) is 10.4. The maximum absolute atomic E-state index is 13.7. The van der Waals surface area contributed by atoms with Gasteiger partial charge in [0, 0.05) is 11.3 Å². The molecule has 0 aliphatic carbocycles. The van der Waals surface area contributed by atoms with Crippen LogP contribution in [-0.2, 0) is 5.75 Å². The third-order valence-corrected chi connectivity index (χ3v) is 3.97. The molecule has 0 fully saturated rings. The van der Waals surface area contributed by atoms with Crippen LogP contribution >= 0.6 is 11.8 Å². The Morgan fingerprint density at radius 3 is 2.74 bits per heavy atom.